The first-order valence-corrected chi connectivity index (χ1v) is 5.76. The van der Waals surface area contributed by atoms with Crippen LogP contribution in [0.4, 0.5) is 0 Å². The first kappa shape index (κ1) is 12.1. The highest BCUT2D eigenvalue weighted by molar-refractivity contribution is 6.44. The molecule has 1 aliphatic heterocycles. The van der Waals surface area contributed by atoms with E-state index in [0.717, 1.165) is 5.57 Å². The molecule has 1 aromatic rings. The van der Waals surface area contributed by atoms with Gasteiger partial charge in [0.05, 0.1) is 27.9 Å². The van der Waals surface area contributed by atoms with Crippen LogP contribution in [0.2, 0.25) is 10.0 Å². The lowest BCUT2D eigenvalue weighted by Gasteiger charge is -2.09. The first-order valence-electron chi connectivity index (χ1n) is 5.01. The highest BCUT2D eigenvalue weighted by atomic mass is 35.5. The maximum Gasteiger partial charge on any atom is 0.250 e. The van der Waals surface area contributed by atoms with Crippen LogP contribution >= 0.6 is 23.2 Å². The fourth-order valence-corrected chi connectivity index (χ4v) is 2.39. The van der Waals surface area contributed by atoms with Crippen LogP contribution < -0.4 is 5.73 Å². The van der Waals surface area contributed by atoms with Crippen molar-refractivity contribution in [3.8, 4) is 0 Å². The van der Waals surface area contributed by atoms with Crippen LogP contribution in [0.1, 0.15) is 12.5 Å². The van der Waals surface area contributed by atoms with Gasteiger partial charge in [0.2, 0.25) is 0 Å². The molecular weight excluding hydrogens is 259 g/mol. The van der Waals surface area contributed by atoms with Crippen molar-refractivity contribution in [2.45, 2.75) is 6.92 Å². The summed E-state index contributed by atoms with van der Waals surface area (Å²) in [5, 5.41) is 0.925. The van der Waals surface area contributed by atoms with Crippen molar-refractivity contribution in [3.05, 3.63) is 45.0 Å². The van der Waals surface area contributed by atoms with Crippen LogP contribution in [0.5, 0.6) is 0 Å². The number of rotatable bonds is 2. The second-order valence-corrected chi connectivity index (χ2v) is 4.60. The molecule has 1 aromatic carbocycles. The second-order valence-electron chi connectivity index (χ2n) is 3.78. The molecule has 0 radical (unpaired) electrons. The number of amides is 1. The SMILES string of the molecule is CC1=C(C(N)=O)C(c2c(Cl)cccc2Cl)=NC1. The van der Waals surface area contributed by atoms with Gasteiger partial charge in [-0.3, -0.25) is 9.79 Å². The lowest BCUT2D eigenvalue weighted by Crippen LogP contribution is -2.21. The van der Waals surface area contributed by atoms with E-state index in [-0.39, 0.29) is 0 Å². The molecule has 0 spiro atoms. The van der Waals surface area contributed by atoms with Gasteiger partial charge in [0, 0.05) is 5.56 Å². The third kappa shape index (κ3) is 2.08. The number of hydrogen-bond acceptors (Lipinski definition) is 2. The predicted octanol–water partition coefficient (Wildman–Crippen LogP) is 2.60. The lowest BCUT2D eigenvalue weighted by atomic mass is 10.00. The summed E-state index contributed by atoms with van der Waals surface area (Å²) in [4.78, 5) is 15.7. The number of nitrogens with zero attached hydrogens (tertiary/aromatic N) is 1. The smallest absolute Gasteiger partial charge is 0.250 e. The minimum Gasteiger partial charge on any atom is -0.366 e. The molecule has 5 heteroatoms. The number of carbonyl (C=O) groups is 1. The number of aliphatic imine (C=N–C) groups is 1. The molecule has 0 saturated heterocycles. The lowest BCUT2D eigenvalue weighted by molar-refractivity contribution is -0.114. The van der Waals surface area contributed by atoms with Crippen LogP contribution in [0, 0.1) is 0 Å². The first-order chi connectivity index (χ1) is 8.02. The standard InChI is InChI=1S/C12H10Cl2N2O/c1-6-5-16-11(9(6)12(15)17)10-7(13)3-2-4-8(10)14/h2-4H,5H2,1H3,(H2,15,17). The number of carbonyl (C=O) groups excluding carboxylic acids is 1. The Morgan fingerprint density at radius 2 is 1.94 bits per heavy atom. The Bertz CT molecular complexity index is 541. The average molecular weight is 269 g/mol. The molecule has 0 bridgehead atoms. The van der Waals surface area contributed by atoms with Gasteiger partial charge in [-0.25, -0.2) is 0 Å². The van der Waals surface area contributed by atoms with Gasteiger partial charge in [-0.1, -0.05) is 29.3 Å². The minimum atomic E-state index is -0.505. The van der Waals surface area contributed by atoms with E-state index in [1.54, 1.807) is 18.2 Å². The summed E-state index contributed by atoms with van der Waals surface area (Å²) in [6.07, 6.45) is 0. The van der Waals surface area contributed by atoms with E-state index in [4.69, 9.17) is 28.9 Å². The summed E-state index contributed by atoms with van der Waals surface area (Å²) >= 11 is 12.2. The number of benzene rings is 1. The van der Waals surface area contributed by atoms with Crippen molar-refractivity contribution in [1.29, 1.82) is 0 Å². The fraction of sp³-hybridized carbons (Fsp3) is 0.167. The van der Waals surface area contributed by atoms with Gasteiger partial charge in [-0.2, -0.15) is 0 Å². The van der Waals surface area contributed by atoms with Crippen LogP contribution in [-0.2, 0) is 4.79 Å². The quantitative estimate of drug-likeness (QED) is 0.881. The zero-order valence-electron chi connectivity index (χ0n) is 9.13. The molecule has 1 heterocycles. The fourth-order valence-electron chi connectivity index (χ4n) is 1.81. The molecule has 0 atom stereocenters. The van der Waals surface area contributed by atoms with Gasteiger partial charge in [0.15, 0.2) is 0 Å². The van der Waals surface area contributed by atoms with E-state index in [9.17, 15) is 4.79 Å². The van der Waals surface area contributed by atoms with Crippen molar-refractivity contribution >= 4 is 34.8 Å². The van der Waals surface area contributed by atoms with Gasteiger partial charge >= 0.3 is 0 Å². The molecule has 88 valence electrons. The van der Waals surface area contributed by atoms with Crippen molar-refractivity contribution in [2.75, 3.05) is 6.54 Å². The summed E-state index contributed by atoms with van der Waals surface area (Å²) in [7, 11) is 0. The second kappa shape index (κ2) is 4.51. The molecule has 0 aromatic heterocycles. The van der Waals surface area contributed by atoms with Gasteiger partial charge in [-0.05, 0) is 24.6 Å². The third-order valence-electron chi connectivity index (χ3n) is 2.58. The highest BCUT2D eigenvalue weighted by Gasteiger charge is 2.25. The third-order valence-corrected chi connectivity index (χ3v) is 3.21. The van der Waals surface area contributed by atoms with Crippen molar-refractivity contribution in [2.24, 2.45) is 10.7 Å². The van der Waals surface area contributed by atoms with E-state index >= 15 is 0 Å². The van der Waals surface area contributed by atoms with E-state index in [1.165, 1.54) is 0 Å². The summed E-state index contributed by atoms with van der Waals surface area (Å²) in [5.41, 5.74) is 7.67. The summed E-state index contributed by atoms with van der Waals surface area (Å²) < 4.78 is 0. The molecule has 2 rings (SSSR count). The summed E-state index contributed by atoms with van der Waals surface area (Å²) in [5.74, 6) is -0.505. The van der Waals surface area contributed by atoms with E-state index in [2.05, 4.69) is 4.99 Å². The summed E-state index contributed by atoms with van der Waals surface area (Å²) in [6, 6.07) is 5.15. The number of primary amides is 1. The van der Waals surface area contributed by atoms with E-state index < -0.39 is 5.91 Å². The molecule has 1 aliphatic rings. The molecule has 1 amide bonds. The van der Waals surface area contributed by atoms with Crippen molar-refractivity contribution in [3.63, 3.8) is 0 Å². The Balaban J connectivity index is 2.60. The zero-order valence-corrected chi connectivity index (χ0v) is 10.6. The molecule has 3 nitrogen and oxygen atoms in total. The van der Waals surface area contributed by atoms with Gasteiger partial charge < -0.3 is 5.73 Å². The Kier molecular flexibility index (Phi) is 3.22. The van der Waals surface area contributed by atoms with Crippen LogP contribution in [0.3, 0.4) is 0 Å². The Morgan fingerprint density at radius 1 is 1.35 bits per heavy atom. The molecule has 0 aliphatic carbocycles. The Labute approximate surface area is 109 Å². The predicted molar refractivity (Wildman–Crippen MR) is 69.8 cm³/mol. The van der Waals surface area contributed by atoms with Gasteiger partial charge in [0.1, 0.15) is 0 Å². The number of hydrogen-bond donors (Lipinski definition) is 1. The van der Waals surface area contributed by atoms with E-state index in [0.29, 0.717) is 33.4 Å². The molecule has 0 fully saturated rings. The molecular formula is C12H10Cl2N2O. The molecule has 0 unspecified atom stereocenters. The van der Waals surface area contributed by atoms with Crippen LogP contribution in [0.15, 0.2) is 34.3 Å². The van der Waals surface area contributed by atoms with Crippen LogP contribution in [0.25, 0.3) is 0 Å². The molecule has 17 heavy (non-hydrogen) atoms. The minimum absolute atomic E-state index is 0.417. The number of halogens is 2. The maximum atomic E-state index is 11.4. The van der Waals surface area contributed by atoms with Crippen molar-refractivity contribution in [1.82, 2.24) is 0 Å². The van der Waals surface area contributed by atoms with Gasteiger partial charge in [0.25, 0.3) is 5.91 Å². The zero-order chi connectivity index (χ0) is 12.6. The van der Waals surface area contributed by atoms with E-state index in [1.807, 2.05) is 6.92 Å². The Hall–Kier alpha value is -1.32. The summed E-state index contributed by atoms with van der Waals surface area (Å²) in [6.45, 7) is 2.27. The average Bonchev–Trinajstić information content (AvgIpc) is 2.60. The highest BCUT2D eigenvalue weighted by Crippen LogP contribution is 2.30. The van der Waals surface area contributed by atoms with Gasteiger partial charge in [-0.15, -0.1) is 0 Å². The molecule has 0 saturated carbocycles. The monoisotopic (exact) mass is 268 g/mol. The maximum absolute atomic E-state index is 11.4. The molecule has 2 N–H and O–H groups in total. The van der Waals surface area contributed by atoms with Crippen LogP contribution in [-0.4, -0.2) is 18.2 Å². The normalized spacial score (nSPS) is 15.1. The Morgan fingerprint density at radius 3 is 2.47 bits per heavy atom. The topological polar surface area (TPSA) is 55.5 Å². The number of nitrogens with two attached hydrogens (primary N) is 1. The van der Waals surface area contributed by atoms with Crippen molar-refractivity contribution < 1.29 is 4.79 Å². The largest absolute Gasteiger partial charge is 0.366 e.